The molecular weight excluding hydrogens is 386 g/mol. The highest BCUT2D eigenvalue weighted by atomic mass is 16.2. The number of piperazine rings is 1. The van der Waals surface area contributed by atoms with E-state index in [1.807, 2.05) is 37.3 Å². The van der Waals surface area contributed by atoms with Crippen LogP contribution in [0.15, 0.2) is 60.3 Å². The lowest BCUT2D eigenvalue weighted by atomic mass is 10.0. The number of hydrogen-bond acceptors (Lipinski definition) is 4. The minimum Gasteiger partial charge on any atom is -0.364 e. The Morgan fingerprint density at radius 1 is 0.839 bits per heavy atom. The van der Waals surface area contributed by atoms with Gasteiger partial charge in [0.2, 0.25) is 0 Å². The van der Waals surface area contributed by atoms with Gasteiger partial charge in [0.05, 0.1) is 5.57 Å². The van der Waals surface area contributed by atoms with Crippen molar-refractivity contribution >= 4 is 17.4 Å². The number of rotatable bonds is 7. The van der Waals surface area contributed by atoms with Crippen molar-refractivity contribution < 1.29 is 9.59 Å². The highest BCUT2D eigenvalue weighted by molar-refractivity contribution is 6.35. The molecule has 2 aromatic rings. The van der Waals surface area contributed by atoms with Crippen molar-refractivity contribution in [2.75, 3.05) is 32.7 Å². The van der Waals surface area contributed by atoms with E-state index in [1.54, 1.807) is 0 Å². The Morgan fingerprint density at radius 3 is 2.16 bits per heavy atom. The fraction of sp³-hybridized carbons (Fsp3) is 0.385. The molecule has 0 N–H and O–H groups in total. The zero-order valence-corrected chi connectivity index (χ0v) is 18.5. The maximum atomic E-state index is 13.3. The summed E-state index contributed by atoms with van der Waals surface area (Å²) in [6.07, 6.45) is 1.78. The summed E-state index contributed by atoms with van der Waals surface area (Å²) in [7, 11) is 0. The molecule has 0 aliphatic carbocycles. The predicted molar refractivity (Wildman–Crippen MR) is 123 cm³/mol. The molecule has 5 heteroatoms. The van der Waals surface area contributed by atoms with Gasteiger partial charge in [-0.05, 0) is 24.5 Å². The topological polar surface area (TPSA) is 43.9 Å². The zero-order chi connectivity index (χ0) is 21.8. The Labute approximate surface area is 184 Å². The summed E-state index contributed by atoms with van der Waals surface area (Å²) in [4.78, 5) is 32.6. The standard InChI is InChI=1S/C26H31N3O2/c1-3-4-14-29-25(30)23(22-12-10-20(2)11-13-22)24(26(29)31)28-17-15-27(16-18-28)19-21-8-6-5-7-9-21/h5-13H,3-4,14-19H2,1-2H3. The molecule has 0 radical (unpaired) electrons. The molecule has 162 valence electrons. The molecule has 2 heterocycles. The van der Waals surface area contributed by atoms with E-state index in [2.05, 4.69) is 41.0 Å². The van der Waals surface area contributed by atoms with Crippen LogP contribution in [0.5, 0.6) is 0 Å². The first-order chi connectivity index (χ1) is 15.1. The summed E-state index contributed by atoms with van der Waals surface area (Å²) in [6, 6.07) is 18.4. The van der Waals surface area contributed by atoms with Gasteiger partial charge in [-0.1, -0.05) is 73.5 Å². The fourth-order valence-electron chi connectivity index (χ4n) is 4.33. The lowest BCUT2D eigenvalue weighted by Gasteiger charge is -2.36. The second-order valence-electron chi connectivity index (χ2n) is 8.45. The molecule has 2 aliphatic heterocycles. The zero-order valence-electron chi connectivity index (χ0n) is 18.5. The van der Waals surface area contributed by atoms with Gasteiger partial charge in [0.15, 0.2) is 0 Å². The summed E-state index contributed by atoms with van der Waals surface area (Å²) >= 11 is 0. The Hall–Kier alpha value is -2.92. The fourth-order valence-corrected chi connectivity index (χ4v) is 4.33. The molecule has 4 rings (SSSR count). The minimum atomic E-state index is -0.149. The summed E-state index contributed by atoms with van der Waals surface area (Å²) in [5.41, 5.74) is 4.43. The monoisotopic (exact) mass is 417 g/mol. The van der Waals surface area contributed by atoms with Crippen LogP contribution in [-0.2, 0) is 16.1 Å². The van der Waals surface area contributed by atoms with Crippen molar-refractivity contribution in [3.05, 3.63) is 77.0 Å². The molecule has 1 fully saturated rings. The third-order valence-corrected chi connectivity index (χ3v) is 6.16. The van der Waals surface area contributed by atoms with Crippen molar-refractivity contribution in [2.45, 2.75) is 33.2 Å². The van der Waals surface area contributed by atoms with E-state index in [4.69, 9.17) is 0 Å². The number of carbonyl (C=O) groups is 2. The van der Waals surface area contributed by atoms with E-state index in [9.17, 15) is 9.59 Å². The van der Waals surface area contributed by atoms with Crippen LogP contribution in [0.4, 0.5) is 0 Å². The van der Waals surface area contributed by atoms with Crippen molar-refractivity contribution in [1.82, 2.24) is 14.7 Å². The van der Waals surface area contributed by atoms with Gasteiger partial charge >= 0.3 is 0 Å². The van der Waals surface area contributed by atoms with Crippen LogP contribution in [0.3, 0.4) is 0 Å². The SMILES string of the molecule is CCCCN1C(=O)C(c2ccc(C)cc2)=C(N2CCN(Cc3ccccc3)CC2)C1=O. The number of nitrogens with zero attached hydrogens (tertiary/aromatic N) is 3. The maximum absolute atomic E-state index is 13.3. The molecule has 2 amide bonds. The Balaban J connectivity index is 1.56. The van der Waals surface area contributed by atoms with Crippen LogP contribution in [0.2, 0.25) is 0 Å². The highest BCUT2D eigenvalue weighted by Gasteiger charge is 2.41. The molecule has 0 atom stereocenters. The Kier molecular flexibility index (Phi) is 6.52. The molecular formula is C26H31N3O2. The first-order valence-corrected chi connectivity index (χ1v) is 11.3. The van der Waals surface area contributed by atoms with Gasteiger partial charge in [-0.15, -0.1) is 0 Å². The molecule has 5 nitrogen and oxygen atoms in total. The molecule has 0 aromatic heterocycles. The van der Waals surface area contributed by atoms with Gasteiger partial charge in [-0.25, -0.2) is 0 Å². The van der Waals surface area contributed by atoms with Crippen LogP contribution in [0.1, 0.15) is 36.5 Å². The number of hydrogen-bond donors (Lipinski definition) is 0. The van der Waals surface area contributed by atoms with Crippen LogP contribution in [0.25, 0.3) is 5.57 Å². The molecule has 0 bridgehead atoms. The Morgan fingerprint density at radius 2 is 1.52 bits per heavy atom. The second-order valence-corrected chi connectivity index (χ2v) is 8.45. The second kappa shape index (κ2) is 9.48. The van der Waals surface area contributed by atoms with Crippen LogP contribution in [0, 0.1) is 6.92 Å². The number of benzene rings is 2. The Bertz CT molecular complexity index is 958. The third kappa shape index (κ3) is 4.57. The van der Waals surface area contributed by atoms with Crippen LogP contribution in [-0.4, -0.2) is 59.2 Å². The van der Waals surface area contributed by atoms with Gasteiger partial charge in [-0.2, -0.15) is 0 Å². The molecule has 0 spiro atoms. The third-order valence-electron chi connectivity index (χ3n) is 6.16. The lowest BCUT2D eigenvalue weighted by Crippen LogP contribution is -2.47. The van der Waals surface area contributed by atoms with E-state index >= 15 is 0 Å². The molecule has 31 heavy (non-hydrogen) atoms. The minimum absolute atomic E-state index is 0.134. The van der Waals surface area contributed by atoms with Gasteiger partial charge in [0, 0.05) is 39.3 Å². The summed E-state index contributed by atoms with van der Waals surface area (Å²) in [5, 5.41) is 0. The number of imide groups is 1. The summed E-state index contributed by atoms with van der Waals surface area (Å²) in [6.45, 7) is 8.74. The van der Waals surface area contributed by atoms with E-state index in [1.165, 1.54) is 10.5 Å². The quantitative estimate of drug-likeness (QED) is 0.645. The van der Waals surface area contributed by atoms with Crippen molar-refractivity contribution in [2.24, 2.45) is 0 Å². The smallest absolute Gasteiger partial charge is 0.277 e. The van der Waals surface area contributed by atoms with E-state index in [0.717, 1.165) is 56.7 Å². The van der Waals surface area contributed by atoms with Crippen LogP contribution >= 0.6 is 0 Å². The van der Waals surface area contributed by atoms with Crippen LogP contribution < -0.4 is 0 Å². The number of unbranched alkanes of at least 4 members (excludes halogenated alkanes) is 1. The average Bonchev–Trinajstić information content (AvgIpc) is 3.04. The van der Waals surface area contributed by atoms with Crippen molar-refractivity contribution in [3.8, 4) is 0 Å². The average molecular weight is 418 g/mol. The van der Waals surface area contributed by atoms with Gasteiger partial charge in [0.25, 0.3) is 11.8 Å². The predicted octanol–water partition coefficient (Wildman–Crippen LogP) is 3.69. The maximum Gasteiger partial charge on any atom is 0.277 e. The largest absolute Gasteiger partial charge is 0.364 e. The first kappa shape index (κ1) is 21.3. The highest BCUT2D eigenvalue weighted by Crippen LogP contribution is 2.32. The van der Waals surface area contributed by atoms with E-state index in [-0.39, 0.29) is 11.8 Å². The van der Waals surface area contributed by atoms with Gasteiger partial charge < -0.3 is 4.90 Å². The number of aryl methyl sites for hydroxylation is 1. The number of carbonyl (C=O) groups excluding carboxylic acids is 2. The van der Waals surface area contributed by atoms with Crippen molar-refractivity contribution in [3.63, 3.8) is 0 Å². The van der Waals surface area contributed by atoms with E-state index < -0.39 is 0 Å². The first-order valence-electron chi connectivity index (χ1n) is 11.3. The lowest BCUT2D eigenvalue weighted by molar-refractivity contribution is -0.137. The van der Waals surface area contributed by atoms with E-state index in [0.29, 0.717) is 17.8 Å². The molecule has 2 aliphatic rings. The molecule has 2 aromatic carbocycles. The van der Waals surface area contributed by atoms with Crippen molar-refractivity contribution in [1.29, 1.82) is 0 Å². The summed E-state index contributed by atoms with van der Waals surface area (Å²) < 4.78 is 0. The summed E-state index contributed by atoms with van der Waals surface area (Å²) in [5.74, 6) is -0.283. The normalized spacial score (nSPS) is 17.7. The van der Waals surface area contributed by atoms with Gasteiger partial charge in [-0.3, -0.25) is 19.4 Å². The number of amides is 2. The van der Waals surface area contributed by atoms with Gasteiger partial charge in [0.1, 0.15) is 5.70 Å². The molecule has 0 saturated carbocycles. The molecule has 1 saturated heterocycles. The molecule has 0 unspecified atom stereocenters.